The number of ether oxygens (including phenoxy) is 1. The predicted molar refractivity (Wildman–Crippen MR) is 124 cm³/mol. The van der Waals surface area contributed by atoms with E-state index in [0.29, 0.717) is 19.4 Å². The number of pyridine rings is 1. The van der Waals surface area contributed by atoms with Gasteiger partial charge in [-0.05, 0) is 61.1 Å². The van der Waals surface area contributed by atoms with Crippen molar-refractivity contribution < 1.29 is 19.7 Å². The number of aliphatic hydroxyl groups is 1. The van der Waals surface area contributed by atoms with Crippen LogP contribution in [0.1, 0.15) is 87.6 Å². The first-order valence-electron chi connectivity index (χ1n) is 11.3. The Morgan fingerprint density at radius 3 is 2.71 bits per heavy atom. The van der Waals surface area contributed by atoms with Gasteiger partial charge in [0.05, 0.1) is 11.8 Å². The molecule has 1 aromatic carbocycles. The lowest BCUT2D eigenvalue weighted by Crippen LogP contribution is -2.03. The molecule has 2 N–H and O–H groups in total. The van der Waals surface area contributed by atoms with Crippen LogP contribution in [-0.2, 0) is 11.4 Å². The summed E-state index contributed by atoms with van der Waals surface area (Å²) in [5.74, 6) is -0.122. The molecule has 1 atom stereocenters. The number of rotatable bonds is 15. The van der Waals surface area contributed by atoms with E-state index in [0.717, 1.165) is 35.4 Å². The summed E-state index contributed by atoms with van der Waals surface area (Å²) >= 11 is 0. The van der Waals surface area contributed by atoms with Crippen molar-refractivity contribution in [2.24, 2.45) is 0 Å². The van der Waals surface area contributed by atoms with Gasteiger partial charge < -0.3 is 14.9 Å². The summed E-state index contributed by atoms with van der Waals surface area (Å²) in [4.78, 5) is 15.0. The molecule has 0 aliphatic rings. The van der Waals surface area contributed by atoms with Gasteiger partial charge in [-0.15, -0.1) is 0 Å². The largest absolute Gasteiger partial charge is 0.487 e. The molecule has 0 aliphatic carbocycles. The van der Waals surface area contributed by atoms with Crippen LogP contribution in [0.2, 0.25) is 0 Å². The van der Waals surface area contributed by atoms with Gasteiger partial charge in [-0.3, -0.25) is 9.78 Å². The Labute approximate surface area is 185 Å². The maximum absolute atomic E-state index is 10.8. The zero-order valence-corrected chi connectivity index (χ0v) is 18.5. The third kappa shape index (κ3) is 9.79. The minimum atomic E-state index is -0.839. The topological polar surface area (TPSA) is 79.7 Å². The maximum atomic E-state index is 10.8. The minimum Gasteiger partial charge on any atom is -0.487 e. The standard InChI is InChI=1S/C26H35NO4/c1-2-3-4-5-6-7-8-12-21-19-23(31-20-22-13-9-10-18-27-22)16-17-24(21)25(28)14-11-15-26(29)30/h8-10,12-13,16-19,25,28H,2-7,11,14-15,20H2,1H3,(H,29,30)/b12-8+. The first-order chi connectivity index (χ1) is 15.1. The number of hydrogen-bond acceptors (Lipinski definition) is 4. The lowest BCUT2D eigenvalue weighted by atomic mass is 9.97. The van der Waals surface area contributed by atoms with E-state index in [2.05, 4.69) is 18.0 Å². The van der Waals surface area contributed by atoms with Gasteiger partial charge in [-0.2, -0.15) is 0 Å². The molecule has 0 saturated heterocycles. The van der Waals surface area contributed by atoms with E-state index in [1.54, 1.807) is 6.20 Å². The van der Waals surface area contributed by atoms with Gasteiger partial charge >= 0.3 is 5.97 Å². The number of nitrogens with zero attached hydrogens (tertiary/aromatic N) is 1. The highest BCUT2D eigenvalue weighted by Crippen LogP contribution is 2.28. The molecule has 5 heteroatoms. The zero-order valence-electron chi connectivity index (χ0n) is 18.5. The van der Waals surface area contributed by atoms with Crippen molar-refractivity contribution in [1.82, 2.24) is 4.98 Å². The molecule has 1 unspecified atom stereocenters. The molecule has 1 aromatic heterocycles. The Kier molecular flexibility index (Phi) is 11.4. The highest BCUT2D eigenvalue weighted by Gasteiger charge is 2.13. The molecule has 168 valence electrons. The van der Waals surface area contributed by atoms with Crippen LogP contribution in [0.15, 0.2) is 48.7 Å². The number of allylic oxidation sites excluding steroid dienone is 1. The molecular formula is C26H35NO4. The van der Waals surface area contributed by atoms with Crippen molar-refractivity contribution in [1.29, 1.82) is 0 Å². The summed E-state index contributed by atoms with van der Waals surface area (Å²) in [6, 6.07) is 11.4. The van der Waals surface area contributed by atoms with Crippen molar-refractivity contribution in [3.63, 3.8) is 0 Å². The van der Waals surface area contributed by atoms with E-state index >= 15 is 0 Å². The quantitative estimate of drug-likeness (QED) is 0.326. The first-order valence-corrected chi connectivity index (χ1v) is 11.3. The summed E-state index contributed by atoms with van der Waals surface area (Å²) in [6.45, 7) is 2.59. The number of benzene rings is 1. The van der Waals surface area contributed by atoms with Gasteiger partial charge in [0, 0.05) is 12.6 Å². The fraction of sp³-hybridized carbons (Fsp3) is 0.462. The number of aromatic nitrogens is 1. The molecule has 1 heterocycles. The molecule has 2 rings (SSSR count). The smallest absolute Gasteiger partial charge is 0.303 e. The van der Waals surface area contributed by atoms with Crippen LogP contribution < -0.4 is 4.74 Å². The molecule has 2 aromatic rings. The average Bonchev–Trinajstić information content (AvgIpc) is 2.77. The van der Waals surface area contributed by atoms with Crippen LogP contribution in [0, 0.1) is 0 Å². The van der Waals surface area contributed by atoms with Crippen LogP contribution in [0.25, 0.3) is 6.08 Å². The van der Waals surface area contributed by atoms with Gasteiger partial charge in [0.1, 0.15) is 12.4 Å². The summed E-state index contributed by atoms with van der Waals surface area (Å²) in [7, 11) is 0. The normalized spacial score (nSPS) is 12.2. The lowest BCUT2D eigenvalue weighted by Gasteiger charge is -2.15. The molecule has 31 heavy (non-hydrogen) atoms. The van der Waals surface area contributed by atoms with Gasteiger partial charge in [0.25, 0.3) is 0 Å². The number of aliphatic hydroxyl groups excluding tert-OH is 1. The summed E-state index contributed by atoms with van der Waals surface area (Å²) in [5.41, 5.74) is 2.57. The molecule has 5 nitrogen and oxygen atoms in total. The van der Waals surface area contributed by atoms with E-state index < -0.39 is 12.1 Å². The maximum Gasteiger partial charge on any atom is 0.303 e. The summed E-state index contributed by atoms with van der Waals surface area (Å²) in [6.07, 6.45) is 13.3. The molecule has 0 fully saturated rings. The van der Waals surface area contributed by atoms with Crippen LogP contribution in [0.4, 0.5) is 0 Å². The first kappa shape index (κ1) is 24.6. The number of aliphatic carboxylic acids is 1. The van der Waals surface area contributed by atoms with Crippen LogP contribution >= 0.6 is 0 Å². The van der Waals surface area contributed by atoms with Gasteiger partial charge in [-0.1, -0.05) is 56.9 Å². The molecule has 0 spiro atoms. The van der Waals surface area contributed by atoms with Crippen molar-refractivity contribution in [2.45, 2.75) is 77.4 Å². The SMILES string of the molecule is CCCCCCC/C=C/c1cc(OCc2ccccn2)ccc1C(O)CCCC(=O)O. The summed E-state index contributed by atoms with van der Waals surface area (Å²) < 4.78 is 5.90. The number of carbonyl (C=O) groups is 1. The van der Waals surface area contributed by atoms with Gasteiger partial charge in [-0.25, -0.2) is 0 Å². The fourth-order valence-corrected chi connectivity index (χ4v) is 3.41. The number of carboxylic acid groups (broad SMARTS) is 1. The second-order valence-corrected chi connectivity index (χ2v) is 7.81. The van der Waals surface area contributed by atoms with Crippen LogP contribution in [0.3, 0.4) is 0 Å². The highest BCUT2D eigenvalue weighted by atomic mass is 16.5. The number of hydrogen-bond donors (Lipinski definition) is 2. The lowest BCUT2D eigenvalue weighted by molar-refractivity contribution is -0.137. The molecule has 0 amide bonds. The Hall–Kier alpha value is -2.66. The highest BCUT2D eigenvalue weighted by molar-refractivity contribution is 5.66. The Bertz CT molecular complexity index is 804. The van der Waals surface area contributed by atoms with Crippen molar-refractivity contribution in [3.8, 4) is 5.75 Å². The van der Waals surface area contributed by atoms with Crippen LogP contribution in [0.5, 0.6) is 5.75 Å². The minimum absolute atomic E-state index is 0.0608. The molecule has 0 bridgehead atoms. The Balaban J connectivity index is 2.04. The Morgan fingerprint density at radius 1 is 1.13 bits per heavy atom. The van der Waals surface area contributed by atoms with Crippen molar-refractivity contribution in [2.75, 3.05) is 0 Å². The molecule has 0 saturated carbocycles. The van der Waals surface area contributed by atoms with Gasteiger partial charge in [0.15, 0.2) is 0 Å². The molecular weight excluding hydrogens is 390 g/mol. The monoisotopic (exact) mass is 425 g/mol. The average molecular weight is 426 g/mol. The second-order valence-electron chi connectivity index (χ2n) is 7.81. The van der Waals surface area contributed by atoms with E-state index in [1.807, 2.05) is 42.5 Å². The molecule has 0 aliphatic heterocycles. The third-order valence-electron chi connectivity index (χ3n) is 5.17. The van der Waals surface area contributed by atoms with Crippen molar-refractivity contribution >= 4 is 12.0 Å². The molecule has 0 radical (unpaired) electrons. The predicted octanol–water partition coefficient (Wildman–Crippen LogP) is 6.32. The van der Waals surface area contributed by atoms with E-state index in [4.69, 9.17) is 9.84 Å². The second kappa shape index (κ2) is 14.4. The number of carboxylic acids is 1. The fourth-order valence-electron chi connectivity index (χ4n) is 3.41. The third-order valence-corrected chi connectivity index (χ3v) is 5.17. The van der Waals surface area contributed by atoms with Crippen molar-refractivity contribution in [3.05, 3.63) is 65.5 Å². The summed E-state index contributed by atoms with van der Waals surface area (Å²) in [5, 5.41) is 19.5. The van der Waals surface area contributed by atoms with E-state index in [1.165, 1.54) is 25.7 Å². The Morgan fingerprint density at radius 2 is 1.97 bits per heavy atom. The van der Waals surface area contributed by atoms with E-state index in [9.17, 15) is 9.90 Å². The van der Waals surface area contributed by atoms with Crippen LogP contribution in [-0.4, -0.2) is 21.2 Å². The number of unbranched alkanes of at least 4 members (excludes halogenated alkanes) is 5. The zero-order chi connectivity index (χ0) is 22.3. The van der Waals surface area contributed by atoms with Gasteiger partial charge in [0.2, 0.25) is 0 Å². The van der Waals surface area contributed by atoms with E-state index in [-0.39, 0.29) is 6.42 Å².